The van der Waals surface area contributed by atoms with Crippen molar-refractivity contribution in [2.24, 2.45) is 0 Å². The van der Waals surface area contributed by atoms with Gasteiger partial charge in [-0.2, -0.15) is 0 Å². The van der Waals surface area contributed by atoms with Crippen LogP contribution in [0.4, 0.5) is 10.2 Å². The number of carbonyl (C=O) groups excluding carboxylic acids is 1. The smallest absolute Gasteiger partial charge is 0.330 e. The van der Waals surface area contributed by atoms with E-state index in [4.69, 9.17) is 10.5 Å². The van der Waals surface area contributed by atoms with Gasteiger partial charge in [-0.25, -0.2) is 9.18 Å². The van der Waals surface area contributed by atoms with E-state index in [9.17, 15) is 18.8 Å². The summed E-state index contributed by atoms with van der Waals surface area (Å²) in [5, 5.41) is 8.97. The minimum atomic E-state index is -0.794. The van der Waals surface area contributed by atoms with Crippen LogP contribution < -0.4 is 17.0 Å². The van der Waals surface area contributed by atoms with Crippen LogP contribution in [0.1, 0.15) is 42.1 Å². The van der Waals surface area contributed by atoms with E-state index < -0.39 is 17.0 Å². The van der Waals surface area contributed by atoms with Gasteiger partial charge < -0.3 is 10.5 Å². The Hall–Kier alpha value is -3.25. The van der Waals surface area contributed by atoms with Crippen LogP contribution >= 0.6 is 11.8 Å². The molecule has 12 heteroatoms. The number of carbonyl (C=O) groups is 1. The average molecular weight is 487 g/mol. The lowest BCUT2D eigenvalue weighted by Gasteiger charge is -2.15. The number of benzene rings is 1. The first-order valence-corrected chi connectivity index (χ1v) is 12.0. The summed E-state index contributed by atoms with van der Waals surface area (Å²) in [5.74, 6) is -0.555. The number of aromatic nitrogens is 5. The number of nitrogens with two attached hydrogens (primary N) is 1. The minimum Gasteiger partial charge on any atom is -0.384 e. The number of thioether (sulfide) groups is 1. The highest BCUT2D eigenvalue weighted by Crippen LogP contribution is 2.35. The molecule has 0 unspecified atom stereocenters. The molecule has 2 aromatic heterocycles. The van der Waals surface area contributed by atoms with Gasteiger partial charge in [0, 0.05) is 18.2 Å². The van der Waals surface area contributed by atoms with Crippen molar-refractivity contribution in [2.75, 3.05) is 18.1 Å². The first-order valence-electron chi connectivity index (χ1n) is 11.0. The number of ketones is 1. The summed E-state index contributed by atoms with van der Waals surface area (Å²) in [6.07, 6.45) is 3.37. The molecule has 1 aromatic carbocycles. The van der Waals surface area contributed by atoms with Crippen LogP contribution in [0, 0.1) is 5.82 Å². The van der Waals surface area contributed by atoms with E-state index in [1.165, 1.54) is 16.7 Å². The summed E-state index contributed by atoms with van der Waals surface area (Å²) in [6, 6.07) is 5.84. The Labute approximate surface area is 197 Å². The summed E-state index contributed by atoms with van der Waals surface area (Å²) in [7, 11) is 0. The second-order valence-corrected chi connectivity index (χ2v) is 9.33. The average Bonchev–Trinajstić information content (AvgIpc) is 3.34. The molecule has 0 bridgehead atoms. The van der Waals surface area contributed by atoms with E-state index in [2.05, 4.69) is 15.2 Å². The number of hydrogen-bond donors (Lipinski definition) is 2. The zero-order valence-corrected chi connectivity index (χ0v) is 19.0. The van der Waals surface area contributed by atoms with E-state index in [1.54, 1.807) is 12.1 Å². The van der Waals surface area contributed by atoms with Gasteiger partial charge in [-0.15, -0.1) is 10.2 Å². The summed E-state index contributed by atoms with van der Waals surface area (Å²) in [6.45, 7) is 1.16. The van der Waals surface area contributed by atoms with Gasteiger partial charge in [0.2, 0.25) is 0 Å². The van der Waals surface area contributed by atoms with Crippen molar-refractivity contribution >= 4 is 23.4 Å². The Morgan fingerprint density at radius 2 is 1.97 bits per heavy atom. The predicted molar refractivity (Wildman–Crippen MR) is 123 cm³/mol. The molecule has 1 saturated carbocycles. The Kier molecular flexibility index (Phi) is 6.09. The van der Waals surface area contributed by atoms with Crippen LogP contribution in [0.2, 0.25) is 0 Å². The number of nitrogen functional groups attached to an aromatic ring is 1. The minimum absolute atomic E-state index is 0.0224. The maximum atomic E-state index is 13.4. The third-order valence-corrected chi connectivity index (χ3v) is 6.90. The van der Waals surface area contributed by atoms with Crippen molar-refractivity contribution in [3.8, 4) is 11.4 Å². The maximum absolute atomic E-state index is 13.4. The lowest BCUT2D eigenvalue weighted by atomic mass is 10.2. The standard InChI is InChI=1S/C22H23FN6O4S/c23-13-5-3-12(4-6-13)19-26-27-22(28(19)10-15-2-1-9-33-15)34-11-16(30)17-18(24)29(14-7-8-14)21(32)25-20(17)31/h3-6,14-15H,1-2,7-11,24H2,(H,25,31,32)/t15-/m1/s1. The van der Waals surface area contributed by atoms with Crippen molar-refractivity contribution in [3.63, 3.8) is 0 Å². The van der Waals surface area contributed by atoms with E-state index in [0.717, 1.165) is 37.4 Å². The van der Waals surface area contributed by atoms with Crippen molar-refractivity contribution in [3.05, 3.63) is 56.5 Å². The number of nitrogens with zero attached hydrogens (tertiary/aromatic N) is 4. The molecule has 34 heavy (non-hydrogen) atoms. The van der Waals surface area contributed by atoms with Crippen molar-refractivity contribution < 1.29 is 13.9 Å². The first-order chi connectivity index (χ1) is 16.4. The van der Waals surface area contributed by atoms with Crippen LogP contribution in [0.25, 0.3) is 11.4 Å². The predicted octanol–water partition coefficient (Wildman–Crippen LogP) is 2.01. The van der Waals surface area contributed by atoms with Crippen molar-refractivity contribution in [1.29, 1.82) is 0 Å². The molecule has 1 aliphatic heterocycles. The number of halogens is 1. The first kappa shape index (κ1) is 22.5. The number of ether oxygens (including phenoxy) is 1. The van der Waals surface area contributed by atoms with Gasteiger partial charge in [0.1, 0.15) is 17.2 Å². The van der Waals surface area contributed by atoms with Crippen LogP contribution in [0.5, 0.6) is 0 Å². The molecular formula is C22H23FN6O4S. The molecule has 10 nitrogen and oxygen atoms in total. The molecule has 3 N–H and O–H groups in total. The number of aromatic amines is 1. The molecule has 2 fully saturated rings. The van der Waals surface area contributed by atoms with Gasteiger partial charge in [0.15, 0.2) is 16.8 Å². The van der Waals surface area contributed by atoms with Gasteiger partial charge >= 0.3 is 5.69 Å². The highest BCUT2D eigenvalue weighted by molar-refractivity contribution is 7.99. The van der Waals surface area contributed by atoms with Crippen LogP contribution in [-0.2, 0) is 11.3 Å². The molecule has 3 heterocycles. The van der Waals surface area contributed by atoms with Gasteiger partial charge in [-0.1, -0.05) is 11.8 Å². The number of anilines is 1. The summed E-state index contributed by atoms with van der Waals surface area (Å²) in [4.78, 5) is 39.7. The molecule has 178 valence electrons. The topological polar surface area (TPSA) is 138 Å². The third-order valence-electron chi connectivity index (χ3n) is 5.93. The van der Waals surface area contributed by atoms with Crippen LogP contribution in [0.15, 0.2) is 39.0 Å². The summed E-state index contributed by atoms with van der Waals surface area (Å²) >= 11 is 1.12. The quantitative estimate of drug-likeness (QED) is 0.364. The summed E-state index contributed by atoms with van der Waals surface area (Å²) in [5.41, 5.74) is 5.13. The molecule has 1 aliphatic carbocycles. The molecule has 3 aromatic rings. The number of Topliss-reactive ketones (excluding diaryl/α,β-unsaturated/α-hetero) is 1. The molecule has 0 spiro atoms. The normalized spacial score (nSPS) is 17.9. The van der Waals surface area contributed by atoms with Crippen molar-refractivity contribution in [1.82, 2.24) is 24.3 Å². The SMILES string of the molecule is Nc1c(C(=O)CSc2nnc(-c3ccc(F)cc3)n2C[C@H]2CCCO2)c(=O)[nH]c(=O)n1C1CC1. The Morgan fingerprint density at radius 1 is 1.21 bits per heavy atom. The highest BCUT2D eigenvalue weighted by atomic mass is 32.2. The molecule has 1 saturated heterocycles. The van der Waals surface area contributed by atoms with Gasteiger partial charge in [-0.3, -0.25) is 23.7 Å². The fourth-order valence-electron chi connectivity index (χ4n) is 4.10. The zero-order valence-electron chi connectivity index (χ0n) is 18.2. The van der Waals surface area contributed by atoms with E-state index >= 15 is 0 Å². The third kappa shape index (κ3) is 4.42. The second kappa shape index (κ2) is 9.18. The lowest BCUT2D eigenvalue weighted by Crippen LogP contribution is -2.36. The fraction of sp³-hybridized carbons (Fsp3) is 0.409. The van der Waals surface area contributed by atoms with Crippen LogP contribution in [0.3, 0.4) is 0 Å². The zero-order chi connectivity index (χ0) is 23.8. The molecule has 2 aliphatic rings. The number of hydrogen-bond acceptors (Lipinski definition) is 8. The van der Waals surface area contributed by atoms with E-state index in [0.29, 0.717) is 29.7 Å². The Bertz CT molecular complexity index is 1340. The van der Waals surface area contributed by atoms with E-state index in [1.807, 2.05) is 4.57 Å². The number of H-pyrrole nitrogens is 1. The lowest BCUT2D eigenvalue weighted by molar-refractivity contribution is 0.0953. The fourth-order valence-corrected chi connectivity index (χ4v) is 4.92. The molecule has 5 rings (SSSR count). The van der Waals surface area contributed by atoms with Gasteiger partial charge in [-0.05, 0) is 49.9 Å². The Morgan fingerprint density at radius 3 is 2.65 bits per heavy atom. The molecular weight excluding hydrogens is 463 g/mol. The number of rotatable bonds is 8. The molecule has 0 amide bonds. The maximum Gasteiger partial charge on any atom is 0.330 e. The summed E-state index contributed by atoms with van der Waals surface area (Å²) < 4.78 is 22.3. The van der Waals surface area contributed by atoms with Crippen molar-refractivity contribution in [2.45, 2.75) is 49.5 Å². The molecule has 1 atom stereocenters. The molecule has 0 radical (unpaired) electrons. The second-order valence-electron chi connectivity index (χ2n) is 8.39. The van der Waals surface area contributed by atoms with Gasteiger partial charge in [0.05, 0.1) is 18.4 Å². The van der Waals surface area contributed by atoms with E-state index in [-0.39, 0.29) is 35.1 Å². The largest absolute Gasteiger partial charge is 0.384 e. The monoisotopic (exact) mass is 486 g/mol. The van der Waals surface area contributed by atoms with Crippen LogP contribution in [-0.4, -0.2) is 48.6 Å². The highest BCUT2D eigenvalue weighted by Gasteiger charge is 2.30. The number of nitrogens with one attached hydrogen (secondary N) is 1. The Balaban J connectivity index is 1.42. The van der Waals surface area contributed by atoms with Gasteiger partial charge in [0.25, 0.3) is 5.56 Å².